The third-order valence-corrected chi connectivity index (χ3v) is 3.81. The van der Waals surface area contributed by atoms with Gasteiger partial charge in [-0.15, -0.1) is 0 Å². The van der Waals surface area contributed by atoms with Crippen molar-refractivity contribution in [2.24, 2.45) is 0 Å². The highest BCUT2D eigenvalue weighted by Gasteiger charge is 2.21. The van der Waals surface area contributed by atoms with Gasteiger partial charge in [-0.25, -0.2) is 0 Å². The first-order valence-electron chi connectivity index (χ1n) is 8.00. The molecule has 2 aromatic carbocycles. The molecule has 0 bridgehead atoms. The van der Waals surface area contributed by atoms with Crippen molar-refractivity contribution in [1.29, 1.82) is 0 Å². The number of aromatic nitrogens is 2. The fourth-order valence-corrected chi connectivity index (χ4v) is 2.36. The van der Waals surface area contributed by atoms with Crippen LogP contribution in [0.5, 0.6) is 0 Å². The van der Waals surface area contributed by atoms with Gasteiger partial charge in [-0.1, -0.05) is 47.6 Å². The second kappa shape index (κ2) is 7.71. The van der Waals surface area contributed by atoms with E-state index in [9.17, 15) is 14.7 Å². The van der Waals surface area contributed by atoms with Gasteiger partial charge in [0.05, 0.1) is 6.61 Å². The van der Waals surface area contributed by atoms with Crippen LogP contribution in [0.15, 0.2) is 59.1 Å². The van der Waals surface area contributed by atoms with Crippen molar-refractivity contribution in [2.45, 2.75) is 13.0 Å². The van der Waals surface area contributed by atoms with Gasteiger partial charge in [0.2, 0.25) is 5.82 Å². The summed E-state index contributed by atoms with van der Waals surface area (Å²) in [4.78, 5) is 27.8. The Kier molecular flexibility index (Phi) is 5.19. The number of Topliss-reactive ketones (excluding diaryl/α,β-unsaturated/α-hetero) is 1. The van der Waals surface area contributed by atoms with Crippen LogP contribution in [0, 0.1) is 0 Å². The van der Waals surface area contributed by atoms with Gasteiger partial charge in [0.25, 0.3) is 11.8 Å². The molecule has 3 rings (SSSR count). The lowest BCUT2D eigenvalue weighted by atomic mass is 10.1. The summed E-state index contributed by atoms with van der Waals surface area (Å²) in [5.41, 5.74) is 1.71. The van der Waals surface area contributed by atoms with Crippen LogP contribution in [-0.2, 0) is 0 Å². The number of carbonyl (C=O) groups is 2. The maximum atomic E-state index is 12.2. The first kappa shape index (κ1) is 17.5. The van der Waals surface area contributed by atoms with Gasteiger partial charge >= 0.3 is 0 Å². The first-order chi connectivity index (χ1) is 12.6. The summed E-state index contributed by atoms with van der Waals surface area (Å²) >= 11 is 0. The van der Waals surface area contributed by atoms with E-state index >= 15 is 0 Å². The second-order valence-corrected chi connectivity index (χ2v) is 5.66. The number of hydrogen-bond donors (Lipinski definition) is 2. The summed E-state index contributed by atoms with van der Waals surface area (Å²) in [5, 5.41) is 16.1. The molecule has 1 heterocycles. The smallest absolute Gasteiger partial charge is 0.251 e. The van der Waals surface area contributed by atoms with Crippen LogP contribution in [0.2, 0.25) is 0 Å². The zero-order valence-electron chi connectivity index (χ0n) is 14.0. The predicted octanol–water partition coefficient (Wildman–Crippen LogP) is 2.40. The number of hydrogen-bond acceptors (Lipinski definition) is 6. The van der Waals surface area contributed by atoms with E-state index in [0.29, 0.717) is 22.5 Å². The standard InChI is InChI=1S/C19H17N3O4/c1-12(24)13-7-9-14(10-8-13)17-21-19(26-22-17)16(11-23)20-18(25)15-5-3-2-4-6-15/h2-10,16,23H,11H2,1H3,(H,20,25). The van der Waals surface area contributed by atoms with Crippen molar-refractivity contribution >= 4 is 11.7 Å². The molecule has 0 spiro atoms. The highest BCUT2D eigenvalue weighted by molar-refractivity contribution is 5.94. The molecule has 1 unspecified atom stereocenters. The summed E-state index contributed by atoms with van der Waals surface area (Å²) in [7, 11) is 0. The van der Waals surface area contributed by atoms with Gasteiger partial charge < -0.3 is 14.9 Å². The van der Waals surface area contributed by atoms with Crippen LogP contribution in [0.25, 0.3) is 11.4 Å². The monoisotopic (exact) mass is 351 g/mol. The molecule has 26 heavy (non-hydrogen) atoms. The third kappa shape index (κ3) is 3.84. The molecule has 0 fully saturated rings. The van der Waals surface area contributed by atoms with Gasteiger partial charge in [0, 0.05) is 16.7 Å². The molecule has 0 saturated heterocycles. The number of carbonyl (C=O) groups excluding carboxylic acids is 2. The molecule has 7 heteroatoms. The SMILES string of the molecule is CC(=O)c1ccc(-c2noc(C(CO)NC(=O)c3ccccc3)n2)cc1. The average molecular weight is 351 g/mol. The Hall–Kier alpha value is -3.32. The van der Waals surface area contributed by atoms with Crippen molar-refractivity contribution in [3.8, 4) is 11.4 Å². The second-order valence-electron chi connectivity index (χ2n) is 5.66. The summed E-state index contributed by atoms with van der Waals surface area (Å²) in [6.07, 6.45) is 0. The lowest BCUT2D eigenvalue weighted by molar-refractivity contribution is 0.0901. The van der Waals surface area contributed by atoms with E-state index in [1.165, 1.54) is 6.92 Å². The lowest BCUT2D eigenvalue weighted by Crippen LogP contribution is -2.31. The number of amides is 1. The number of aliphatic hydroxyl groups excluding tert-OH is 1. The molecule has 3 aromatic rings. The Morgan fingerprint density at radius 2 is 1.77 bits per heavy atom. The van der Waals surface area contributed by atoms with Crippen LogP contribution in [0.3, 0.4) is 0 Å². The van der Waals surface area contributed by atoms with E-state index in [1.54, 1.807) is 48.5 Å². The van der Waals surface area contributed by atoms with Crippen molar-refractivity contribution in [2.75, 3.05) is 6.61 Å². The lowest BCUT2D eigenvalue weighted by Gasteiger charge is -2.11. The van der Waals surface area contributed by atoms with Crippen molar-refractivity contribution in [3.05, 3.63) is 71.6 Å². The van der Waals surface area contributed by atoms with Crippen LogP contribution < -0.4 is 5.32 Å². The number of benzene rings is 2. The van der Waals surface area contributed by atoms with E-state index in [-0.39, 0.29) is 24.2 Å². The number of nitrogens with zero attached hydrogens (tertiary/aromatic N) is 2. The van der Waals surface area contributed by atoms with E-state index < -0.39 is 6.04 Å². The molecule has 7 nitrogen and oxygen atoms in total. The van der Waals surface area contributed by atoms with Crippen molar-refractivity contribution < 1.29 is 19.2 Å². The Bertz CT molecular complexity index is 904. The molecule has 2 N–H and O–H groups in total. The van der Waals surface area contributed by atoms with Crippen molar-refractivity contribution in [1.82, 2.24) is 15.5 Å². The van der Waals surface area contributed by atoms with Crippen LogP contribution in [0.4, 0.5) is 0 Å². The largest absolute Gasteiger partial charge is 0.394 e. The molecule has 0 radical (unpaired) electrons. The van der Waals surface area contributed by atoms with Crippen LogP contribution >= 0.6 is 0 Å². The summed E-state index contributed by atoms with van der Waals surface area (Å²) < 4.78 is 5.18. The molecule has 0 aliphatic rings. The van der Waals surface area contributed by atoms with Gasteiger partial charge in [-0.2, -0.15) is 4.98 Å². The minimum absolute atomic E-state index is 0.0330. The summed E-state index contributed by atoms with van der Waals surface area (Å²) in [6, 6.07) is 14.6. The van der Waals surface area contributed by atoms with E-state index in [2.05, 4.69) is 15.5 Å². The first-order valence-corrected chi connectivity index (χ1v) is 8.00. The number of rotatable bonds is 6. The summed E-state index contributed by atoms with van der Waals surface area (Å²) in [6.45, 7) is 1.10. The highest BCUT2D eigenvalue weighted by Crippen LogP contribution is 2.20. The van der Waals surface area contributed by atoms with E-state index in [1.807, 2.05) is 6.07 Å². The molecule has 1 aromatic heterocycles. The number of ketones is 1. The molecule has 132 valence electrons. The normalized spacial score (nSPS) is 11.8. The molecule has 1 atom stereocenters. The minimum atomic E-state index is -0.819. The van der Waals surface area contributed by atoms with Gasteiger partial charge in [-0.05, 0) is 19.1 Å². The Morgan fingerprint density at radius 1 is 1.08 bits per heavy atom. The van der Waals surface area contributed by atoms with Crippen LogP contribution in [-0.4, -0.2) is 33.5 Å². The highest BCUT2D eigenvalue weighted by atomic mass is 16.5. The zero-order valence-corrected chi connectivity index (χ0v) is 14.0. The fourth-order valence-electron chi connectivity index (χ4n) is 2.36. The Labute approximate surface area is 149 Å². The molecular formula is C19H17N3O4. The average Bonchev–Trinajstić information content (AvgIpc) is 3.16. The quantitative estimate of drug-likeness (QED) is 0.661. The maximum absolute atomic E-state index is 12.2. The zero-order chi connectivity index (χ0) is 18.5. The molecule has 0 aliphatic heterocycles. The van der Waals surface area contributed by atoms with E-state index in [0.717, 1.165) is 0 Å². The predicted molar refractivity (Wildman–Crippen MR) is 93.5 cm³/mol. The number of aliphatic hydroxyl groups is 1. The fraction of sp³-hybridized carbons (Fsp3) is 0.158. The van der Waals surface area contributed by atoms with Gasteiger partial charge in [0.15, 0.2) is 5.78 Å². The molecule has 0 aliphatic carbocycles. The number of nitrogens with one attached hydrogen (secondary N) is 1. The topological polar surface area (TPSA) is 105 Å². The molecule has 1 amide bonds. The van der Waals surface area contributed by atoms with Gasteiger partial charge in [-0.3, -0.25) is 9.59 Å². The molecular weight excluding hydrogens is 334 g/mol. The third-order valence-electron chi connectivity index (χ3n) is 3.81. The molecule has 0 saturated carbocycles. The Balaban J connectivity index is 1.76. The Morgan fingerprint density at radius 3 is 2.38 bits per heavy atom. The summed E-state index contributed by atoms with van der Waals surface area (Å²) in [5.74, 6) is 0.0227. The van der Waals surface area contributed by atoms with Gasteiger partial charge in [0.1, 0.15) is 6.04 Å². The van der Waals surface area contributed by atoms with E-state index in [4.69, 9.17) is 4.52 Å². The maximum Gasteiger partial charge on any atom is 0.251 e. The minimum Gasteiger partial charge on any atom is -0.394 e. The van der Waals surface area contributed by atoms with Crippen LogP contribution in [0.1, 0.15) is 39.6 Å². The van der Waals surface area contributed by atoms with Crippen molar-refractivity contribution in [3.63, 3.8) is 0 Å².